The van der Waals surface area contributed by atoms with Gasteiger partial charge in [0.2, 0.25) is 15.9 Å². The van der Waals surface area contributed by atoms with E-state index in [1.54, 1.807) is 19.1 Å². The molecule has 0 aromatic heterocycles. The van der Waals surface area contributed by atoms with Gasteiger partial charge in [0.25, 0.3) is 0 Å². The molecule has 2 aromatic carbocycles. The third-order valence-corrected chi connectivity index (χ3v) is 7.00. The minimum absolute atomic E-state index is 0.244. The molecule has 1 amide bonds. The van der Waals surface area contributed by atoms with Crippen LogP contribution in [0.5, 0.6) is 5.75 Å². The maximum Gasteiger partial charge on any atom is 0.244 e. The fourth-order valence-electron chi connectivity index (χ4n) is 3.88. The molecule has 0 bridgehead atoms. The summed E-state index contributed by atoms with van der Waals surface area (Å²) in [5.41, 5.74) is 4.00. The first-order valence-corrected chi connectivity index (χ1v) is 12.1. The highest BCUT2D eigenvalue weighted by atomic mass is 35.5. The van der Waals surface area contributed by atoms with E-state index in [-0.39, 0.29) is 17.0 Å². The average molecular weight is 451 g/mol. The van der Waals surface area contributed by atoms with Crippen molar-refractivity contribution in [1.29, 1.82) is 0 Å². The Morgan fingerprint density at radius 3 is 2.47 bits per heavy atom. The Kier molecular flexibility index (Phi) is 6.62. The predicted octanol–water partition coefficient (Wildman–Crippen LogP) is 3.87. The van der Waals surface area contributed by atoms with Gasteiger partial charge in [0.15, 0.2) is 0 Å². The summed E-state index contributed by atoms with van der Waals surface area (Å²) in [5.74, 6) is 0.0385. The van der Waals surface area contributed by atoms with Gasteiger partial charge in [0, 0.05) is 0 Å². The summed E-state index contributed by atoms with van der Waals surface area (Å²) in [6.45, 7) is 3.46. The number of nitrogens with zero attached hydrogens (tertiary/aromatic N) is 1. The summed E-state index contributed by atoms with van der Waals surface area (Å²) < 4.78 is 31.2. The topological polar surface area (TPSA) is 75.7 Å². The van der Waals surface area contributed by atoms with Gasteiger partial charge < -0.3 is 10.1 Å². The quantitative estimate of drug-likeness (QED) is 0.694. The number of hydrogen-bond acceptors (Lipinski definition) is 4. The van der Waals surface area contributed by atoms with E-state index >= 15 is 0 Å². The van der Waals surface area contributed by atoms with E-state index in [4.69, 9.17) is 16.3 Å². The van der Waals surface area contributed by atoms with Gasteiger partial charge in [-0.2, -0.15) is 0 Å². The van der Waals surface area contributed by atoms with Crippen molar-refractivity contribution < 1.29 is 17.9 Å². The SMILES string of the molecule is COc1ccc(N([C@H](C)C(=O)N[C@H](C)c2ccc3c(c2)CCC3)S(C)(=O)=O)cc1Cl. The molecule has 0 aliphatic heterocycles. The van der Waals surface area contributed by atoms with Gasteiger partial charge in [-0.25, -0.2) is 8.42 Å². The molecule has 6 nitrogen and oxygen atoms in total. The molecule has 2 atom stereocenters. The van der Waals surface area contributed by atoms with Crippen LogP contribution in [0.3, 0.4) is 0 Å². The Balaban J connectivity index is 1.81. The standard InChI is InChI=1S/C22H27ClN2O4S/c1-14(17-9-8-16-6-5-7-18(16)12-17)24-22(26)15(2)25(30(4,27)28)19-10-11-21(29-3)20(23)13-19/h8-15H,5-7H2,1-4H3,(H,24,26)/t14-,15-/m1/s1. The molecule has 162 valence electrons. The van der Waals surface area contributed by atoms with E-state index in [9.17, 15) is 13.2 Å². The normalized spacial score (nSPS) is 15.2. The van der Waals surface area contributed by atoms with Crippen molar-refractivity contribution in [2.24, 2.45) is 0 Å². The molecule has 1 N–H and O–H groups in total. The van der Waals surface area contributed by atoms with Crippen molar-refractivity contribution in [2.45, 2.75) is 45.2 Å². The average Bonchev–Trinajstić information content (AvgIpc) is 3.14. The summed E-state index contributed by atoms with van der Waals surface area (Å²) in [5, 5.41) is 3.21. The largest absolute Gasteiger partial charge is 0.495 e. The molecule has 0 unspecified atom stereocenters. The molecule has 0 radical (unpaired) electrons. The van der Waals surface area contributed by atoms with Gasteiger partial charge in [-0.3, -0.25) is 9.10 Å². The number of benzene rings is 2. The lowest BCUT2D eigenvalue weighted by atomic mass is 10.0. The molecule has 2 aromatic rings. The number of carbonyl (C=O) groups is 1. The zero-order valence-electron chi connectivity index (χ0n) is 17.6. The zero-order valence-corrected chi connectivity index (χ0v) is 19.2. The van der Waals surface area contributed by atoms with Gasteiger partial charge in [0.1, 0.15) is 11.8 Å². The van der Waals surface area contributed by atoms with Crippen LogP contribution in [0.2, 0.25) is 5.02 Å². The van der Waals surface area contributed by atoms with Gasteiger partial charge in [-0.15, -0.1) is 0 Å². The smallest absolute Gasteiger partial charge is 0.244 e. The Bertz CT molecular complexity index is 1060. The third kappa shape index (κ3) is 4.73. The van der Waals surface area contributed by atoms with Crippen molar-refractivity contribution in [3.63, 3.8) is 0 Å². The van der Waals surface area contributed by atoms with Crippen molar-refractivity contribution in [3.05, 3.63) is 58.1 Å². The molecule has 0 fully saturated rings. The minimum Gasteiger partial charge on any atom is -0.495 e. The lowest BCUT2D eigenvalue weighted by Gasteiger charge is -2.29. The van der Waals surface area contributed by atoms with E-state index in [1.165, 1.54) is 24.3 Å². The van der Waals surface area contributed by atoms with Gasteiger partial charge in [0.05, 0.1) is 30.1 Å². The molecular formula is C22H27ClN2O4S. The Hall–Kier alpha value is -2.25. The van der Waals surface area contributed by atoms with Crippen molar-refractivity contribution >= 4 is 33.2 Å². The minimum atomic E-state index is -3.73. The van der Waals surface area contributed by atoms with Gasteiger partial charge in [-0.1, -0.05) is 29.8 Å². The number of ether oxygens (including phenoxy) is 1. The highest BCUT2D eigenvalue weighted by molar-refractivity contribution is 7.92. The molecule has 8 heteroatoms. The zero-order chi connectivity index (χ0) is 22.1. The molecule has 0 heterocycles. The Labute approximate surface area is 183 Å². The number of carbonyl (C=O) groups excluding carboxylic acids is 1. The van der Waals surface area contributed by atoms with E-state index in [2.05, 4.69) is 17.4 Å². The van der Waals surface area contributed by atoms with Crippen molar-refractivity contribution in [1.82, 2.24) is 5.32 Å². The van der Waals surface area contributed by atoms with Gasteiger partial charge in [-0.05, 0) is 68.0 Å². The lowest BCUT2D eigenvalue weighted by molar-refractivity contribution is -0.122. The number of fused-ring (bicyclic) bond motifs is 1. The van der Waals surface area contributed by atoms with Crippen LogP contribution in [0.15, 0.2) is 36.4 Å². The third-order valence-electron chi connectivity index (χ3n) is 5.46. The number of amides is 1. The number of sulfonamides is 1. The van der Waals surface area contributed by atoms with Crippen molar-refractivity contribution in [3.8, 4) is 5.75 Å². The maximum absolute atomic E-state index is 13.0. The van der Waals surface area contributed by atoms with E-state index in [1.807, 2.05) is 13.0 Å². The van der Waals surface area contributed by atoms with E-state index in [0.29, 0.717) is 11.4 Å². The maximum atomic E-state index is 13.0. The monoisotopic (exact) mass is 450 g/mol. The first-order chi connectivity index (χ1) is 14.1. The van der Waals surface area contributed by atoms with Crippen LogP contribution in [0.4, 0.5) is 5.69 Å². The fraction of sp³-hybridized carbons (Fsp3) is 0.409. The summed E-state index contributed by atoms with van der Waals surface area (Å²) in [6.07, 6.45) is 4.38. The first-order valence-electron chi connectivity index (χ1n) is 9.87. The predicted molar refractivity (Wildman–Crippen MR) is 120 cm³/mol. The number of hydrogen-bond donors (Lipinski definition) is 1. The number of anilines is 1. The highest BCUT2D eigenvalue weighted by Crippen LogP contribution is 2.31. The summed E-state index contributed by atoms with van der Waals surface area (Å²) in [7, 11) is -2.26. The molecule has 3 rings (SSSR count). The molecule has 1 aliphatic carbocycles. The Morgan fingerprint density at radius 2 is 1.83 bits per heavy atom. The van der Waals surface area contributed by atoms with Crippen LogP contribution in [-0.4, -0.2) is 33.7 Å². The number of halogens is 1. The van der Waals surface area contributed by atoms with E-state index in [0.717, 1.165) is 35.4 Å². The van der Waals surface area contributed by atoms with Gasteiger partial charge >= 0.3 is 0 Å². The summed E-state index contributed by atoms with van der Waals surface area (Å²) >= 11 is 6.17. The van der Waals surface area contributed by atoms with Crippen LogP contribution < -0.4 is 14.4 Å². The van der Waals surface area contributed by atoms with Crippen LogP contribution in [-0.2, 0) is 27.7 Å². The number of methoxy groups -OCH3 is 1. The second-order valence-corrected chi connectivity index (χ2v) is 9.93. The molecule has 0 saturated heterocycles. The second kappa shape index (κ2) is 8.86. The summed E-state index contributed by atoms with van der Waals surface area (Å²) in [6, 6.07) is 9.70. The second-order valence-electron chi connectivity index (χ2n) is 7.67. The molecule has 30 heavy (non-hydrogen) atoms. The molecule has 1 aliphatic rings. The molecule has 0 saturated carbocycles. The lowest BCUT2D eigenvalue weighted by Crippen LogP contribution is -2.48. The van der Waals surface area contributed by atoms with Crippen LogP contribution >= 0.6 is 11.6 Å². The van der Waals surface area contributed by atoms with Crippen LogP contribution in [0, 0.1) is 0 Å². The molecular weight excluding hydrogens is 424 g/mol. The molecule has 0 spiro atoms. The van der Waals surface area contributed by atoms with Crippen molar-refractivity contribution in [2.75, 3.05) is 17.7 Å². The van der Waals surface area contributed by atoms with E-state index < -0.39 is 16.1 Å². The fourth-order valence-corrected chi connectivity index (χ4v) is 5.30. The number of aryl methyl sites for hydroxylation is 2. The number of nitrogens with one attached hydrogen (secondary N) is 1. The highest BCUT2D eigenvalue weighted by Gasteiger charge is 2.30. The Morgan fingerprint density at radius 1 is 1.13 bits per heavy atom. The first kappa shape index (κ1) is 22.4. The van der Waals surface area contributed by atoms with Crippen LogP contribution in [0.25, 0.3) is 0 Å². The number of rotatable bonds is 7. The summed E-state index contributed by atoms with van der Waals surface area (Å²) in [4.78, 5) is 13.0. The van der Waals surface area contributed by atoms with Crippen LogP contribution in [0.1, 0.15) is 43.0 Å².